The summed E-state index contributed by atoms with van der Waals surface area (Å²) in [4.78, 5) is 0. The molecule has 4 heavy (non-hydrogen) atoms. The van der Waals surface area contributed by atoms with Gasteiger partial charge in [0.2, 0.25) is 5.70 Å². The summed E-state index contributed by atoms with van der Waals surface area (Å²) in [5.74, 6) is 0. The molecule has 0 atom stereocenters. The molecule has 0 aromatic rings. The van der Waals surface area contributed by atoms with Crippen LogP contribution in [0.15, 0.2) is 3.37 Å². The second-order valence-corrected chi connectivity index (χ2v) is 1.56. The highest BCUT2D eigenvalue weighted by Crippen LogP contribution is 1.85. The van der Waals surface area contributed by atoms with Gasteiger partial charge in [0.05, 0.1) is 0 Å². The molecule has 0 saturated carbocycles. The molecule has 0 N–H and O–H groups in total. The zero-order valence-corrected chi connectivity index (χ0v) is 4.36. The summed E-state index contributed by atoms with van der Waals surface area (Å²) in [6.07, 6.45) is 0. The Morgan fingerprint density at radius 3 is 2.25 bits per heavy atom. The molecule has 24 valence electrons. The smallest absolute Gasteiger partial charge is 0.0784 e. The molecule has 0 rings (SSSR count). The Morgan fingerprint density at radius 1 is 2.00 bits per heavy atom. The van der Waals surface area contributed by atoms with Crippen LogP contribution in [0.1, 0.15) is 0 Å². The van der Waals surface area contributed by atoms with Crippen LogP contribution in [0.5, 0.6) is 0 Å². The van der Waals surface area contributed by atoms with Gasteiger partial charge in [-0.3, -0.25) is 0 Å². The van der Waals surface area contributed by atoms with Gasteiger partial charge in [-0.1, -0.05) is 7.85 Å². The van der Waals surface area contributed by atoms with Gasteiger partial charge in [-0.2, -0.15) is 0 Å². The minimum absolute atomic E-state index is 0.431. The van der Waals surface area contributed by atoms with Crippen LogP contribution < -0.4 is 0 Å². The fourth-order valence-electron chi connectivity index (χ4n) is 0. The Balaban J connectivity index is 2.55. The van der Waals surface area contributed by atoms with E-state index in [1.54, 1.807) is 5.70 Å². The lowest BCUT2D eigenvalue weighted by Crippen LogP contribution is -1.15. The Hall–Kier alpha value is 0.525. The topological polar surface area (TPSA) is 12.4 Å². The Labute approximate surface area is 34.8 Å². The molecule has 0 fully saturated rings. The number of hydrogen-bond donors (Lipinski definition) is 0. The third kappa shape index (κ3) is 2.52. The van der Waals surface area contributed by atoms with Gasteiger partial charge in [-0.15, -0.1) is 0 Å². The zero-order chi connectivity index (χ0) is 3.41. The first-order valence-corrected chi connectivity index (χ1v) is 3.84. The fourth-order valence-corrected chi connectivity index (χ4v) is 0. The molecule has 1 nitrogen and oxygen atoms in total. The zero-order valence-electron chi connectivity index (χ0n) is 2.20. The van der Waals surface area contributed by atoms with E-state index in [1.165, 1.54) is 0 Å². The van der Waals surface area contributed by atoms with Crippen molar-refractivity contribution >= 4 is 26.5 Å². The number of rotatable bonds is 0. The van der Waals surface area contributed by atoms with Crippen LogP contribution >= 0.6 is 20.8 Å². The average Bonchev–Trinajstić information content (AvgIpc) is 1.37. The molecule has 0 saturated heterocycles. The molecular formula is H2BFIN. The SMILES string of the molecule is B/I=N/F. The second kappa shape index (κ2) is 3.52. The summed E-state index contributed by atoms with van der Waals surface area (Å²) in [6.45, 7) is 0. The van der Waals surface area contributed by atoms with Crippen LogP contribution in [0.4, 0.5) is 4.48 Å². The molecule has 4 heteroatoms. The van der Waals surface area contributed by atoms with E-state index in [-0.39, 0.29) is 0 Å². The van der Waals surface area contributed by atoms with Crippen molar-refractivity contribution in [2.24, 2.45) is 3.37 Å². The second-order valence-electron chi connectivity index (χ2n) is 0.233. The molecule has 0 aromatic carbocycles. The highest BCUT2D eigenvalue weighted by molar-refractivity contribution is 14.2. The standard InChI is InChI=1S/BFH2IN/c1-3-4-2/h1H2. The largest absolute Gasteiger partial charge is 0.203 e. The first-order valence-electron chi connectivity index (χ1n) is 0.716. The normalized spacial score (nSPS) is 11.2. The predicted molar refractivity (Wildman–Crippen MR) is 26.1 cm³/mol. The van der Waals surface area contributed by atoms with Crippen molar-refractivity contribution in [3.8, 4) is 0 Å². The molecule has 0 aromatic heterocycles. The van der Waals surface area contributed by atoms with Crippen molar-refractivity contribution in [3.63, 3.8) is 0 Å². The third-order valence-electron chi connectivity index (χ3n) is 0.0639. The van der Waals surface area contributed by atoms with Crippen LogP contribution in [0.2, 0.25) is 0 Å². The Kier molecular flexibility index (Phi) is 3.99. The van der Waals surface area contributed by atoms with E-state index in [1.807, 2.05) is 0 Å². The van der Waals surface area contributed by atoms with Gasteiger partial charge in [0, 0.05) is 0 Å². The highest BCUT2D eigenvalue weighted by Gasteiger charge is 1.41. The van der Waals surface area contributed by atoms with Crippen molar-refractivity contribution in [2.45, 2.75) is 0 Å². The van der Waals surface area contributed by atoms with Gasteiger partial charge in [-0.25, -0.2) is 0 Å². The van der Waals surface area contributed by atoms with Gasteiger partial charge in [0.25, 0.3) is 0 Å². The average molecular weight is 173 g/mol. The van der Waals surface area contributed by atoms with E-state index in [0.717, 1.165) is 0 Å². The van der Waals surface area contributed by atoms with Crippen molar-refractivity contribution in [2.75, 3.05) is 0 Å². The van der Waals surface area contributed by atoms with E-state index in [0.29, 0.717) is 0 Å². The van der Waals surface area contributed by atoms with Gasteiger partial charge in [0.1, 0.15) is 0 Å². The predicted octanol–water partition coefficient (Wildman–Crippen LogP) is 0.573. The maximum atomic E-state index is 10.4. The lowest BCUT2D eigenvalue weighted by Gasteiger charge is -1.44. The van der Waals surface area contributed by atoms with Gasteiger partial charge in [0.15, 0.2) is 0 Å². The number of hydrogen-bond acceptors (Lipinski definition) is 1. The fraction of sp³-hybridized carbons (Fsp3) is 0. The van der Waals surface area contributed by atoms with Crippen LogP contribution in [0, 0.1) is 0 Å². The highest BCUT2D eigenvalue weighted by atomic mass is 127. The van der Waals surface area contributed by atoms with Gasteiger partial charge in [-0.05, 0) is 20.8 Å². The van der Waals surface area contributed by atoms with Crippen LogP contribution in [-0.4, -0.2) is 5.70 Å². The quantitative estimate of drug-likeness (QED) is 0.375. The molecule has 0 unspecified atom stereocenters. The summed E-state index contributed by atoms with van der Waals surface area (Å²) in [5.41, 5.74) is 1.75. The van der Waals surface area contributed by atoms with Gasteiger partial charge < -0.3 is 0 Å². The molecule has 0 aliphatic rings. The molecule has 0 heterocycles. The minimum Gasteiger partial charge on any atom is -0.0784 e. The van der Waals surface area contributed by atoms with Crippen LogP contribution in [-0.2, 0) is 0 Å². The molecule has 0 spiro atoms. The molecule has 0 aliphatic heterocycles. The minimum atomic E-state index is -0.431. The number of nitrogens with zero attached hydrogens (tertiary/aromatic N) is 1. The molecular weight excluding hydrogens is 171 g/mol. The summed E-state index contributed by atoms with van der Waals surface area (Å²) in [5, 5.41) is 0. The van der Waals surface area contributed by atoms with Crippen molar-refractivity contribution < 1.29 is 4.48 Å². The number of halogens is 2. The molecule has 0 bridgehead atoms. The first-order chi connectivity index (χ1) is 1.91. The molecule has 0 aliphatic carbocycles. The van der Waals surface area contributed by atoms with E-state index in [9.17, 15) is 4.48 Å². The third-order valence-corrected chi connectivity index (χ3v) is 0.429. The van der Waals surface area contributed by atoms with Crippen LogP contribution in [0.3, 0.4) is 0 Å². The van der Waals surface area contributed by atoms with E-state index in [2.05, 4.69) is 3.37 Å². The van der Waals surface area contributed by atoms with Crippen LogP contribution in [0.25, 0.3) is 0 Å². The van der Waals surface area contributed by atoms with Crippen molar-refractivity contribution in [3.05, 3.63) is 0 Å². The Morgan fingerprint density at radius 2 is 2.25 bits per heavy atom. The lowest BCUT2D eigenvalue weighted by molar-refractivity contribution is 0.561. The summed E-state index contributed by atoms with van der Waals surface area (Å²) in [7, 11) is 0. The summed E-state index contributed by atoms with van der Waals surface area (Å²) in [6, 6.07) is 0. The maximum Gasteiger partial charge on any atom is 0.203 e. The summed E-state index contributed by atoms with van der Waals surface area (Å²) < 4.78 is 12.7. The first kappa shape index (κ1) is 4.52. The Bertz CT molecular complexity index is 23.2. The maximum absolute atomic E-state index is 10.4. The monoisotopic (exact) mass is 173 g/mol. The van der Waals surface area contributed by atoms with E-state index in [4.69, 9.17) is 0 Å². The summed E-state index contributed by atoms with van der Waals surface area (Å²) >= 11 is -0.431. The van der Waals surface area contributed by atoms with Crippen molar-refractivity contribution in [1.82, 2.24) is 0 Å². The van der Waals surface area contributed by atoms with Crippen molar-refractivity contribution in [1.29, 1.82) is 0 Å². The van der Waals surface area contributed by atoms with E-state index >= 15 is 0 Å². The lowest BCUT2D eigenvalue weighted by atomic mass is 10.8. The molecule has 0 amide bonds. The van der Waals surface area contributed by atoms with Gasteiger partial charge >= 0.3 is 0 Å². The van der Waals surface area contributed by atoms with E-state index < -0.39 is 20.8 Å². The molecule has 0 radical (unpaired) electrons.